The highest BCUT2D eigenvalue weighted by atomic mass is 14.3. The van der Waals surface area contributed by atoms with Crippen LogP contribution >= 0.6 is 0 Å². The zero-order valence-electron chi connectivity index (χ0n) is 78.5. The van der Waals surface area contributed by atoms with Gasteiger partial charge in [0.2, 0.25) is 0 Å². The molecule has 2 unspecified atom stereocenters. The normalized spacial score (nSPS) is 11.5. The Balaban J connectivity index is 0.000000198. The van der Waals surface area contributed by atoms with Crippen LogP contribution in [0.15, 0.2) is 388 Å². The van der Waals surface area contributed by atoms with Crippen LogP contribution in [0.25, 0.3) is 0 Å². The highest BCUT2D eigenvalue weighted by Gasteiger charge is 2.21. The second-order valence-corrected chi connectivity index (χ2v) is 37.0. The van der Waals surface area contributed by atoms with Crippen molar-refractivity contribution in [1.82, 2.24) is 0 Å². The quantitative estimate of drug-likeness (QED) is 0.0367. The molecule has 0 spiro atoms. The van der Waals surface area contributed by atoms with Crippen molar-refractivity contribution in [3.63, 3.8) is 0 Å². The number of benzene rings is 13. The molecular formula is C123H156. The van der Waals surface area contributed by atoms with Crippen molar-refractivity contribution in [2.45, 2.75) is 225 Å². The first-order valence-corrected chi connectivity index (χ1v) is 47.3. The summed E-state index contributed by atoms with van der Waals surface area (Å²) < 4.78 is 0. The van der Waals surface area contributed by atoms with Gasteiger partial charge in [0.25, 0.3) is 0 Å². The number of hydrogen-bond donors (Lipinski definition) is 0. The molecule has 0 fully saturated rings. The van der Waals surface area contributed by atoms with Gasteiger partial charge >= 0.3 is 0 Å². The van der Waals surface area contributed by atoms with Crippen molar-refractivity contribution < 1.29 is 0 Å². The van der Waals surface area contributed by atoms with E-state index in [1.165, 1.54) is 187 Å². The zero-order chi connectivity index (χ0) is 87.9. The molecule has 13 rings (SSSR count). The van der Waals surface area contributed by atoms with E-state index in [0.717, 1.165) is 47.3 Å². The minimum Gasteiger partial charge on any atom is -0.0628 e. The topological polar surface area (TPSA) is 0 Å². The van der Waals surface area contributed by atoms with E-state index < -0.39 is 0 Å². The molecule has 0 aliphatic rings. The largest absolute Gasteiger partial charge is 0.0628 e. The third kappa shape index (κ3) is 42.2. The summed E-state index contributed by atoms with van der Waals surface area (Å²) in [6.45, 7) is 34.7. The highest BCUT2D eigenvalue weighted by Crippen LogP contribution is 2.34. The Bertz CT molecular complexity index is 4440. The van der Waals surface area contributed by atoms with Crippen LogP contribution in [-0.4, -0.2) is 0 Å². The predicted octanol–water partition coefficient (Wildman–Crippen LogP) is 34.2. The Morgan fingerprint density at radius 3 is 0.642 bits per heavy atom. The second-order valence-electron chi connectivity index (χ2n) is 37.0. The van der Waals surface area contributed by atoms with Crippen molar-refractivity contribution in [3.05, 3.63) is 466 Å². The minimum absolute atomic E-state index is 0.502. The van der Waals surface area contributed by atoms with E-state index in [1.807, 2.05) is 0 Å². The lowest BCUT2D eigenvalue weighted by Crippen LogP contribution is -2.15. The van der Waals surface area contributed by atoms with Crippen molar-refractivity contribution >= 4 is 0 Å². The Kier molecular flexibility index (Phi) is 48.4. The summed E-state index contributed by atoms with van der Waals surface area (Å²) in [6.07, 6.45) is 21.1. The molecule has 0 bridgehead atoms. The maximum atomic E-state index is 2.37. The average Bonchev–Trinajstić information content (AvgIpc) is 0.833. The van der Waals surface area contributed by atoms with E-state index in [0.29, 0.717) is 29.6 Å². The van der Waals surface area contributed by atoms with Crippen molar-refractivity contribution in [2.24, 2.45) is 65.1 Å². The predicted molar refractivity (Wildman–Crippen MR) is 540 cm³/mol. The van der Waals surface area contributed by atoms with Gasteiger partial charge in [-0.3, -0.25) is 0 Å². The van der Waals surface area contributed by atoms with E-state index in [-0.39, 0.29) is 0 Å². The van der Waals surface area contributed by atoms with Gasteiger partial charge in [-0.1, -0.05) is 497 Å². The van der Waals surface area contributed by atoms with E-state index in [2.05, 4.69) is 492 Å². The first-order chi connectivity index (χ1) is 59.8. The summed E-state index contributed by atoms with van der Waals surface area (Å²) >= 11 is 0. The summed E-state index contributed by atoms with van der Waals surface area (Å²) in [7, 11) is 0. The molecule has 0 aromatic heterocycles. The van der Waals surface area contributed by atoms with Gasteiger partial charge < -0.3 is 0 Å². The Morgan fingerprint density at radius 1 is 0.179 bits per heavy atom. The van der Waals surface area contributed by atoms with Gasteiger partial charge in [0.15, 0.2) is 0 Å². The molecule has 0 heteroatoms. The van der Waals surface area contributed by atoms with Crippen LogP contribution in [0, 0.1) is 72.0 Å². The minimum atomic E-state index is 0.502. The van der Waals surface area contributed by atoms with E-state index in [4.69, 9.17) is 0 Å². The summed E-state index contributed by atoms with van der Waals surface area (Å²) in [5.41, 5.74) is 20.2. The van der Waals surface area contributed by atoms with E-state index in [9.17, 15) is 0 Å². The molecule has 0 nitrogen and oxygen atoms in total. The number of rotatable bonds is 36. The molecule has 0 heterocycles. The lowest BCUT2D eigenvalue weighted by Gasteiger charge is -2.21. The highest BCUT2D eigenvalue weighted by molar-refractivity contribution is 5.35. The molecule has 2 atom stereocenters. The molecule has 123 heavy (non-hydrogen) atoms. The summed E-state index contributed by atoms with van der Waals surface area (Å²) in [6, 6.07) is 139. The third-order valence-electron chi connectivity index (χ3n) is 24.5. The van der Waals surface area contributed by atoms with Gasteiger partial charge in [-0.05, 0) is 247 Å². The molecule has 0 aliphatic carbocycles. The van der Waals surface area contributed by atoms with Crippen molar-refractivity contribution in [2.75, 3.05) is 0 Å². The Hall–Kier alpha value is -10.1. The van der Waals surface area contributed by atoms with E-state index >= 15 is 0 Å². The first-order valence-electron chi connectivity index (χ1n) is 47.3. The molecule has 0 radical (unpaired) electrons. The smallest absolute Gasteiger partial charge is 0.0112 e. The second kappa shape index (κ2) is 59.6. The molecule has 0 saturated carbocycles. The molecule has 13 aromatic carbocycles. The maximum absolute atomic E-state index is 2.37. The molecule has 0 N–H and O–H groups in total. The molecule has 0 saturated heterocycles. The number of aryl methyl sites for hydroxylation is 7. The van der Waals surface area contributed by atoms with Gasteiger partial charge in [-0.15, -0.1) is 0 Å². The van der Waals surface area contributed by atoms with Crippen LogP contribution in [0.1, 0.15) is 238 Å². The van der Waals surface area contributed by atoms with E-state index in [1.54, 1.807) is 0 Å². The molecule has 13 aromatic rings. The van der Waals surface area contributed by atoms with Crippen LogP contribution in [0.2, 0.25) is 0 Å². The fraction of sp³-hybridized carbons (Fsp3) is 0.366. The SMILES string of the molecule is CC(C)C(CCc1ccccc1)CCc1ccccc1.CC(C)C(CCc1ccccc1)Cc1ccccc1.CC(C)C(Cc1ccccc1)Cc1ccccc1.CC(C)C(c1ccccc1)c1ccccc1.CC(C)CC(c1ccccc1)c1ccccc1.CC(C)CCCc1ccccc1.Cc1ccc(CCC(CCc2ccccc2)C(C)C)cc1. The first kappa shape index (κ1) is 100.0. The summed E-state index contributed by atoms with van der Waals surface area (Å²) in [5, 5.41) is 0. The van der Waals surface area contributed by atoms with Crippen LogP contribution in [0.5, 0.6) is 0 Å². The van der Waals surface area contributed by atoms with Crippen LogP contribution in [-0.2, 0) is 57.8 Å². The van der Waals surface area contributed by atoms with Crippen LogP contribution in [0.3, 0.4) is 0 Å². The average molecular weight is 1630 g/mol. The Morgan fingerprint density at radius 2 is 0.398 bits per heavy atom. The standard InChI is InChI=1S/C21H28.C20H26.C19H24.C18H22.C17H20.C16H18.C12H18/c1-17(2)21(15-13-19-7-5-4-6-8-19)16-14-20-11-9-18(3)10-12-20;1-17(2)20(15-13-18-9-5-3-6-10-18)16-14-19-11-7-4-8-12-19;1-16(2)19(15-18-11-7-4-8-12-18)14-13-17-9-5-3-6-10-17;1-15(2)18(13-16-9-5-3-6-10-16)14-17-11-7-4-8-12-17;1-14(2)13-17(15-9-5-3-6-10-15)16-11-7-4-8-12-16;1-13(2)16(14-9-5-3-6-10-14)15-11-7-4-8-12-15;1-11(2)7-6-10-12-8-4-3-5-9-12/h4-12,17,21H,13-16H2,1-3H3;3-12,17,20H,13-16H2,1-2H3;3-12,16,19H,13-15H2,1-2H3;3-12,15,18H,13-14H2,1-2H3;3-12,14,17H,13H2,1-2H3;3-13,16H,1-2H3;3-5,8-9,11H,6-7,10H2,1-2H3. The zero-order valence-corrected chi connectivity index (χ0v) is 78.5. The Labute approximate surface area is 751 Å². The molecule has 648 valence electrons. The van der Waals surface area contributed by atoms with Gasteiger partial charge in [0.05, 0.1) is 0 Å². The fourth-order valence-corrected chi connectivity index (χ4v) is 16.6. The van der Waals surface area contributed by atoms with Gasteiger partial charge in [0, 0.05) is 11.8 Å². The fourth-order valence-electron chi connectivity index (χ4n) is 16.6. The lowest BCUT2D eigenvalue weighted by atomic mass is 9.83. The monoisotopic (exact) mass is 1630 g/mol. The molecule has 0 aliphatic heterocycles. The maximum Gasteiger partial charge on any atom is 0.0112 e. The molecular weight excluding hydrogens is 1480 g/mol. The van der Waals surface area contributed by atoms with Crippen molar-refractivity contribution in [1.29, 1.82) is 0 Å². The number of hydrogen-bond acceptors (Lipinski definition) is 0. The van der Waals surface area contributed by atoms with Crippen molar-refractivity contribution in [3.8, 4) is 0 Å². The lowest BCUT2D eigenvalue weighted by molar-refractivity contribution is 0.337. The van der Waals surface area contributed by atoms with Gasteiger partial charge in [0.1, 0.15) is 0 Å². The third-order valence-corrected chi connectivity index (χ3v) is 24.5. The molecule has 0 amide bonds. The van der Waals surface area contributed by atoms with Crippen LogP contribution < -0.4 is 0 Å². The van der Waals surface area contributed by atoms with Gasteiger partial charge in [-0.25, -0.2) is 0 Å². The summed E-state index contributed by atoms with van der Waals surface area (Å²) in [5.74, 6) is 9.29. The summed E-state index contributed by atoms with van der Waals surface area (Å²) in [4.78, 5) is 0. The van der Waals surface area contributed by atoms with Crippen LogP contribution in [0.4, 0.5) is 0 Å². The van der Waals surface area contributed by atoms with Gasteiger partial charge in [-0.2, -0.15) is 0 Å².